The van der Waals surface area contributed by atoms with Crippen molar-refractivity contribution in [2.75, 3.05) is 0 Å². The van der Waals surface area contributed by atoms with Gasteiger partial charge in [0.15, 0.2) is 0 Å². The molecule has 0 heterocycles. The quantitative estimate of drug-likeness (QED) is 0.711. The molecule has 2 rings (SSSR count). The molecule has 0 N–H and O–H groups in total. The Morgan fingerprint density at radius 1 is 1.35 bits per heavy atom. The lowest BCUT2D eigenvalue weighted by molar-refractivity contribution is -0.130. The van der Waals surface area contributed by atoms with Gasteiger partial charge in [0.2, 0.25) is 5.91 Å². The molecule has 0 radical (unpaired) electrons. The Hall–Kier alpha value is -1.57. The van der Waals surface area contributed by atoms with Gasteiger partial charge < -0.3 is 4.90 Å². The Kier molecular flexibility index (Phi) is 4.99. The van der Waals surface area contributed by atoms with E-state index in [-0.39, 0.29) is 5.91 Å². The summed E-state index contributed by atoms with van der Waals surface area (Å²) in [5.74, 6) is 0.882. The van der Waals surface area contributed by atoms with Crippen LogP contribution in [0.1, 0.15) is 45.6 Å². The number of carbonyl (C=O) groups is 1. The Balaban J connectivity index is 2.16. The number of hydrogen-bond acceptors (Lipinski definition) is 1. The van der Waals surface area contributed by atoms with Gasteiger partial charge in [-0.3, -0.25) is 4.79 Å². The standard InChI is InChI=1S/C18H25NO/c1-4-8-14(2)18(20)19(15(3)17-11-12-17)13-16-9-6-5-7-10-16/h5-10,15,17H,4,11-13H2,1-3H3. The molecule has 1 aliphatic carbocycles. The number of carbonyl (C=O) groups excluding carboxylic acids is 1. The van der Waals surface area contributed by atoms with Crippen LogP contribution in [0.3, 0.4) is 0 Å². The third-order valence-electron chi connectivity index (χ3n) is 4.10. The van der Waals surface area contributed by atoms with Gasteiger partial charge in [-0.2, -0.15) is 0 Å². The molecule has 1 saturated carbocycles. The van der Waals surface area contributed by atoms with E-state index in [9.17, 15) is 4.79 Å². The molecular weight excluding hydrogens is 246 g/mol. The monoisotopic (exact) mass is 271 g/mol. The molecule has 1 atom stereocenters. The summed E-state index contributed by atoms with van der Waals surface area (Å²) in [6.07, 6.45) is 5.46. The lowest BCUT2D eigenvalue weighted by Crippen LogP contribution is -2.39. The van der Waals surface area contributed by atoms with Crippen LogP contribution in [0.2, 0.25) is 0 Å². The molecular formula is C18H25NO. The highest BCUT2D eigenvalue weighted by Gasteiger charge is 2.34. The molecule has 1 amide bonds. The molecule has 0 saturated heterocycles. The molecule has 1 unspecified atom stereocenters. The maximum Gasteiger partial charge on any atom is 0.249 e. The van der Waals surface area contributed by atoms with E-state index in [2.05, 4.69) is 30.9 Å². The van der Waals surface area contributed by atoms with E-state index in [1.165, 1.54) is 18.4 Å². The van der Waals surface area contributed by atoms with Gasteiger partial charge in [-0.25, -0.2) is 0 Å². The zero-order chi connectivity index (χ0) is 14.5. The van der Waals surface area contributed by atoms with Crippen LogP contribution in [0.4, 0.5) is 0 Å². The topological polar surface area (TPSA) is 20.3 Å². The molecule has 0 spiro atoms. The first-order chi connectivity index (χ1) is 9.63. The molecule has 1 aromatic carbocycles. The molecule has 20 heavy (non-hydrogen) atoms. The predicted molar refractivity (Wildman–Crippen MR) is 83.2 cm³/mol. The van der Waals surface area contributed by atoms with E-state index in [0.717, 1.165) is 12.0 Å². The highest BCUT2D eigenvalue weighted by Crippen LogP contribution is 2.36. The number of benzene rings is 1. The van der Waals surface area contributed by atoms with Crippen LogP contribution in [-0.2, 0) is 11.3 Å². The van der Waals surface area contributed by atoms with Crippen molar-refractivity contribution in [2.45, 2.75) is 52.6 Å². The van der Waals surface area contributed by atoms with Crippen LogP contribution in [0.5, 0.6) is 0 Å². The summed E-state index contributed by atoms with van der Waals surface area (Å²) in [5, 5.41) is 0. The summed E-state index contributed by atoms with van der Waals surface area (Å²) in [7, 11) is 0. The lowest BCUT2D eigenvalue weighted by Gasteiger charge is -2.30. The van der Waals surface area contributed by atoms with E-state index < -0.39 is 0 Å². The zero-order valence-electron chi connectivity index (χ0n) is 12.8. The third-order valence-corrected chi connectivity index (χ3v) is 4.10. The van der Waals surface area contributed by atoms with Crippen LogP contribution >= 0.6 is 0 Å². The molecule has 1 aliphatic rings. The Bertz CT molecular complexity index is 473. The lowest BCUT2D eigenvalue weighted by atomic mass is 10.1. The molecule has 0 aliphatic heterocycles. The fourth-order valence-corrected chi connectivity index (χ4v) is 2.63. The fourth-order valence-electron chi connectivity index (χ4n) is 2.63. The average Bonchev–Trinajstić information content (AvgIpc) is 3.29. The van der Waals surface area contributed by atoms with Gasteiger partial charge in [0.25, 0.3) is 0 Å². The number of allylic oxidation sites excluding steroid dienone is 1. The van der Waals surface area contributed by atoms with Crippen molar-refractivity contribution in [1.29, 1.82) is 0 Å². The number of amides is 1. The second-order valence-corrected chi connectivity index (χ2v) is 5.79. The second kappa shape index (κ2) is 6.74. The summed E-state index contributed by atoms with van der Waals surface area (Å²) >= 11 is 0. The van der Waals surface area contributed by atoms with Gasteiger partial charge in [0.05, 0.1) is 0 Å². The van der Waals surface area contributed by atoms with Crippen molar-refractivity contribution in [3.8, 4) is 0 Å². The van der Waals surface area contributed by atoms with Gasteiger partial charge >= 0.3 is 0 Å². The molecule has 0 bridgehead atoms. The summed E-state index contributed by atoms with van der Waals surface area (Å²) in [5.41, 5.74) is 2.08. The van der Waals surface area contributed by atoms with Gasteiger partial charge in [0, 0.05) is 18.2 Å². The molecule has 108 valence electrons. The van der Waals surface area contributed by atoms with Crippen molar-refractivity contribution >= 4 is 5.91 Å². The van der Waals surface area contributed by atoms with E-state index in [4.69, 9.17) is 0 Å². The highest BCUT2D eigenvalue weighted by molar-refractivity contribution is 5.93. The van der Waals surface area contributed by atoms with Crippen LogP contribution in [0, 0.1) is 5.92 Å². The summed E-state index contributed by atoms with van der Waals surface area (Å²) < 4.78 is 0. The van der Waals surface area contributed by atoms with Crippen LogP contribution in [0.25, 0.3) is 0 Å². The van der Waals surface area contributed by atoms with Crippen molar-refractivity contribution in [3.05, 3.63) is 47.5 Å². The van der Waals surface area contributed by atoms with Gasteiger partial charge in [-0.15, -0.1) is 0 Å². The number of rotatable bonds is 6. The van der Waals surface area contributed by atoms with Gasteiger partial charge in [0.1, 0.15) is 0 Å². The Morgan fingerprint density at radius 2 is 2.00 bits per heavy atom. The minimum atomic E-state index is 0.190. The molecule has 2 nitrogen and oxygen atoms in total. The maximum atomic E-state index is 12.7. The van der Waals surface area contributed by atoms with Crippen molar-refractivity contribution in [2.24, 2.45) is 5.92 Å². The van der Waals surface area contributed by atoms with Gasteiger partial charge in [-0.05, 0) is 44.6 Å². The first-order valence-corrected chi connectivity index (χ1v) is 7.65. The Labute approximate surface area is 122 Å². The first kappa shape index (κ1) is 14.8. The molecule has 1 fully saturated rings. The van der Waals surface area contributed by atoms with Crippen LogP contribution < -0.4 is 0 Å². The average molecular weight is 271 g/mol. The largest absolute Gasteiger partial charge is 0.332 e. The SMILES string of the molecule is CCC=C(C)C(=O)N(Cc1ccccc1)C(C)C1CC1. The minimum absolute atomic E-state index is 0.190. The normalized spacial score (nSPS) is 16.9. The molecule has 1 aromatic rings. The highest BCUT2D eigenvalue weighted by atomic mass is 16.2. The summed E-state index contributed by atoms with van der Waals surface area (Å²) in [4.78, 5) is 14.7. The zero-order valence-corrected chi connectivity index (χ0v) is 12.8. The maximum absolute atomic E-state index is 12.7. The predicted octanol–water partition coefficient (Wildman–Crippen LogP) is 4.17. The summed E-state index contributed by atoms with van der Waals surface area (Å²) in [6.45, 7) is 6.91. The molecule has 0 aromatic heterocycles. The number of nitrogens with zero attached hydrogens (tertiary/aromatic N) is 1. The smallest absolute Gasteiger partial charge is 0.249 e. The van der Waals surface area contributed by atoms with Crippen molar-refractivity contribution in [1.82, 2.24) is 4.90 Å². The molecule has 2 heteroatoms. The van der Waals surface area contributed by atoms with Gasteiger partial charge in [-0.1, -0.05) is 43.3 Å². The van der Waals surface area contributed by atoms with Crippen LogP contribution in [-0.4, -0.2) is 16.8 Å². The summed E-state index contributed by atoms with van der Waals surface area (Å²) in [6, 6.07) is 10.6. The second-order valence-electron chi connectivity index (χ2n) is 5.79. The van der Waals surface area contributed by atoms with E-state index in [0.29, 0.717) is 18.5 Å². The Morgan fingerprint density at radius 3 is 2.55 bits per heavy atom. The number of hydrogen-bond donors (Lipinski definition) is 0. The van der Waals surface area contributed by atoms with Crippen LogP contribution in [0.15, 0.2) is 42.0 Å². The van der Waals surface area contributed by atoms with E-state index in [1.54, 1.807) is 0 Å². The minimum Gasteiger partial charge on any atom is -0.332 e. The van der Waals surface area contributed by atoms with Crippen molar-refractivity contribution < 1.29 is 4.79 Å². The van der Waals surface area contributed by atoms with E-state index >= 15 is 0 Å². The third kappa shape index (κ3) is 3.72. The van der Waals surface area contributed by atoms with E-state index in [1.807, 2.05) is 31.2 Å². The van der Waals surface area contributed by atoms with Crippen molar-refractivity contribution in [3.63, 3.8) is 0 Å². The first-order valence-electron chi connectivity index (χ1n) is 7.65. The fraction of sp³-hybridized carbons (Fsp3) is 0.500.